The standard InChI is InChI=1S/C8H5F3O2.C7H5FO/c9-8(10,11)13-7-3-1-6(5-12)2-4-7;8-7-3-1-6(5-9)2-4-7/h1-5H;1-5H. The molecule has 7 heteroatoms. The fourth-order valence-electron chi connectivity index (χ4n) is 1.29. The molecule has 0 aliphatic heterocycles. The Morgan fingerprint density at radius 1 is 0.773 bits per heavy atom. The molecular weight excluding hydrogens is 304 g/mol. The fourth-order valence-corrected chi connectivity index (χ4v) is 1.29. The molecule has 0 amide bonds. The summed E-state index contributed by atoms with van der Waals surface area (Å²) in [7, 11) is 0. The van der Waals surface area contributed by atoms with Gasteiger partial charge in [-0.2, -0.15) is 0 Å². The maximum Gasteiger partial charge on any atom is 0.573 e. The van der Waals surface area contributed by atoms with Crippen LogP contribution in [0.5, 0.6) is 5.75 Å². The number of carbonyl (C=O) groups excluding carboxylic acids is 2. The van der Waals surface area contributed by atoms with Crippen LogP contribution in [0.4, 0.5) is 17.6 Å². The Morgan fingerprint density at radius 2 is 1.18 bits per heavy atom. The SMILES string of the molecule is O=Cc1ccc(F)cc1.O=Cc1ccc(OC(F)(F)F)cc1. The zero-order valence-corrected chi connectivity index (χ0v) is 11.0. The first-order valence-electron chi connectivity index (χ1n) is 5.86. The van der Waals surface area contributed by atoms with Crippen LogP contribution < -0.4 is 4.74 Å². The highest BCUT2D eigenvalue weighted by molar-refractivity contribution is 5.75. The number of hydrogen-bond acceptors (Lipinski definition) is 3. The van der Waals surface area contributed by atoms with Crippen molar-refractivity contribution in [2.45, 2.75) is 6.36 Å². The molecule has 0 radical (unpaired) electrons. The van der Waals surface area contributed by atoms with E-state index in [1.807, 2.05) is 0 Å². The number of benzene rings is 2. The highest BCUT2D eigenvalue weighted by Crippen LogP contribution is 2.22. The van der Waals surface area contributed by atoms with E-state index >= 15 is 0 Å². The first kappa shape index (κ1) is 17.4. The molecule has 2 aromatic carbocycles. The average Bonchev–Trinajstić information content (AvgIpc) is 2.48. The Balaban J connectivity index is 0.000000235. The van der Waals surface area contributed by atoms with Crippen LogP contribution in [0.1, 0.15) is 20.7 Å². The third kappa shape index (κ3) is 6.65. The van der Waals surface area contributed by atoms with Gasteiger partial charge in [-0.15, -0.1) is 13.2 Å². The van der Waals surface area contributed by atoms with Crippen LogP contribution in [0.15, 0.2) is 48.5 Å². The molecular formula is C15H10F4O3. The van der Waals surface area contributed by atoms with Gasteiger partial charge >= 0.3 is 6.36 Å². The van der Waals surface area contributed by atoms with Crippen LogP contribution in [0.25, 0.3) is 0 Å². The van der Waals surface area contributed by atoms with Crippen LogP contribution in [-0.2, 0) is 0 Å². The van der Waals surface area contributed by atoms with Crippen LogP contribution in [0.2, 0.25) is 0 Å². The van der Waals surface area contributed by atoms with Gasteiger partial charge in [-0.1, -0.05) is 0 Å². The van der Waals surface area contributed by atoms with E-state index in [1.165, 1.54) is 36.4 Å². The summed E-state index contributed by atoms with van der Waals surface area (Å²) < 4.78 is 50.6. The van der Waals surface area contributed by atoms with Gasteiger partial charge in [0.15, 0.2) is 0 Å². The molecule has 22 heavy (non-hydrogen) atoms. The van der Waals surface area contributed by atoms with Gasteiger partial charge in [0.2, 0.25) is 0 Å². The molecule has 0 saturated heterocycles. The van der Waals surface area contributed by atoms with E-state index < -0.39 is 6.36 Å². The van der Waals surface area contributed by atoms with Gasteiger partial charge in [-0.05, 0) is 48.5 Å². The third-order valence-electron chi connectivity index (χ3n) is 2.26. The quantitative estimate of drug-likeness (QED) is 0.634. The average molecular weight is 314 g/mol. The Kier molecular flexibility index (Phi) is 6.25. The molecule has 0 aliphatic carbocycles. The zero-order valence-electron chi connectivity index (χ0n) is 11.0. The van der Waals surface area contributed by atoms with Crippen molar-refractivity contribution in [1.29, 1.82) is 0 Å². The molecule has 2 aromatic rings. The Morgan fingerprint density at radius 3 is 1.55 bits per heavy atom. The largest absolute Gasteiger partial charge is 0.573 e. The second kappa shape index (κ2) is 7.92. The van der Waals surface area contributed by atoms with Crippen molar-refractivity contribution in [3.8, 4) is 5.75 Å². The molecule has 0 aromatic heterocycles. The minimum Gasteiger partial charge on any atom is -0.406 e. The predicted octanol–water partition coefficient (Wildman–Crippen LogP) is 4.04. The van der Waals surface area contributed by atoms with E-state index in [-0.39, 0.29) is 11.6 Å². The van der Waals surface area contributed by atoms with Gasteiger partial charge in [-0.25, -0.2) is 4.39 Å². The topological polar surface area (TPSA) is 43.4 Å². The number of carbonyl (C=O) groups is 2. The molecule has 0 unspecified atom stereocenters. The summed E-state index contributed by atoms with van der Waals surface area (Å²) in [6.07, 6.45) is -3.47. The van der Waals surface area contributed by atoms with E-state index in [0.29, 0.717) is 23.7 Å². The molecule has 0 spiro atoms. The number of alkyl halides is 3. The van der Waals surface area contributed by atoms with Crippen molar-refractivity contribution in [3.63, 3.8) is 0 Å². The first-order valence-corrected chi connectivity index (χ1v) is 5.86. The van der Waals surface area contributed by atoms with Gasteiger partial charge in [0.1, 0.15) is 24.1 Å². The highest BCUT2D eigenvalue weighted by Gasteiger charge is 2.30. The number of hydrogen-bond donors (Lipinski definition) is 0. The fraction of sp³-hybridized carbons (Fsp3) is 0.0667. The van der Waals surface area contributed by atoms with Crippen LogP contribution in [0.3, 0.4) is 0 Å². The van der Waals surface area contributed by atoms with Crippen molar-refractivity contribution in [3.05, 3.63) is 65.5 Å². The molecule has 2 rings (SSSR count). The monoisotopic (exact) mass is 314 g/mol. The third-order valence-corrected chi connectivity index (χ3v) is 2.26. The first-order chi connectivity index (χ1) is 10.3. The van der Waals surface area contributed by atoms with Gasteiger partial charge in [0.05, 0.1) is 0 Å². The second-order valence-corrected chi connectivity index (χ2v) is 3.90. The van der Waals surface area contributed by atoms with Crippen molar-refractivity contribution >= 4 is 12.6 Å². The molecule has 0 fully saturated rings. The minimum atomic E-state index is -4.69. The Bertz CT molecular complexity index is 604. The van der Waals surface area contributed by atoms with Crippen LogP contribution in [0, 0.1) is 5.82 Å². The summed E-state index contributed by atoms with van der Waals surface area (Å²) in [4.78, 5) is 20.1. The van der Waals surface area contributed by atoms with E-state index in [4.69, 9.17) is 0 Å². The lowest BCUT2D eigenvalue weighted by Gasteiger charge is -2.07. The summed E-state index contributed by atoms with van der Waals surface area (Å²) >= 11 is 0. The summed E-state index contributed by atoms with van der Waals surface area (Å²) in [6.45, 7) is 0. The van der Waals surface area contributed by atoms with Gasteiger partial charge in [-0.3, -0.25) is 9.59 Å². The summed E-state index contributed by atoms with van der Waals surface area (Å²) in [5.41, 5.74) is 0.797. The summed E-state index contributed by atoms with van der Waals surface area (Å²) in [5, 5.41) is 0. The maximum absolute atomic E-state index is 12.1. The molecule has 0 heterocycles. The summed E-state index contributed by atoms with van der Waals surface area (Å²) in [5.74, 6) is -0.654. The predicted molar refractivity (Wildman–Crippen MR) is 70.3 cm³/mol. The molecule has 0 atom stereocenters. The highest BCUT2D eigenvalue weighted by atomic mass is 19.4. The lowest BCUT2D eigenvalue weighted by atomic mass is 10.2. The number of halogens is 4. The number of aldehydes is 2. The van der Waals surface area contributed by atoms with Crippen molar-refractivity contribution in [2.24, 2.45) is 0 Å². The molecule has 0 bridgehead atoms. The molecule has 0 saturated carbocycles. The number of rotatable bonds is 3. The van der Waals surface area contributed by atoms with Crippen molar-refractivity contribution in [1.82, 2.24) is 0 Å². The Labute approximate surface area is 123 Å². The minimum absolute atomic E-state index is 0.300. The van der Waals surface area contributed by atoms with E-state index in [2.05, 4.69) is 4.74 Å². The lowest BCUT2D eigenvalue weighted by Crippen LogP contribution is -2.16. The zero-order chi connectivity index (χ0) is 16.6. The summed E-state index contributed by atoms with van der Waals surface area (Å²) in [6, 6.07) is 10.0. The number of ether oxygens (including phenoxy) is 1. The molecule has 3 nitrogen and oxygen atoms in total. The van der Waals surface area contributed by atoms with Gasteiger partial charge in [0.25, 0.3) is 0 Å². The molecule has 0 N–H and O–H groups in total. The normalized spacial score (nSPS) is 10.2. The van der Waals surface area contributed by atoms with E-state index in [1.54, 1.807) is 0 Å². The van der Waals surface area contributed by atoms with Crippen LogP contribution >= 0.6 is 0 Å². The van der Waals surface area contributed by atoms with Crippen molar-refractivity contribution < 1.29 is 31.9 Å². The second-order valence-electron chi connectivity index (χ2n) is 3.90. The van der Waals surface area contributed by atoms with E-state index in [0.717, 1.165) is 12.1 Å². The Hall–Kier alpha value is -2.70. The smallest absolute Gasteiger partial charge is 0.406 e. The molecule has 0 aliphatic rings. The molecule has 116 valence electrons. The van der Waals surface area contributed by atoms with Gasteiger partial charge in [0, 0.05) is 11.1 Å². The lowest BCUT2D eigenvalue weighted by molar-refractivity contribution is -0.274. The van der Waals surface area contributed by atoms with Crippen molar-refractivity contribution in [2.75, 3.05) is 0 Å². The van der Waals surface area contributed by atoms with E-state index in [9.17, 15) is 27.2 Å². The van der Waals surface area contributed by atoms with Gasteiger partial charge < -0.3 is 4.74 Å². The van der Waals surface area contributed by atoms with Crippen LogP contribution in [-0.4, -0.2) is 18.9 Å². The maximum atomic E-state index is 12.1.